The van der Waals surface area contributed by atoms with E-state index in [1.165, 1.54) is 23.7 Å². The fraction of sp³-hybridized carbons (Fsp3) is 0.273. The van der Waals surface area contributed by atoms with Gasteiger partial charge in [0.2, 0.25) is 5.91 Å². The summed E-state index contributed by atoms with van der Waals surface area (Å²) in [6, 6.07) is 9.75. The molecule has 1 aromatic rings. The molecule has 2 rings (SSSR count). The maximum absolute atomic E-state index is 11.5. The molecule has 0 bridgehead atoms. The lowest BCUT2D eigenvalue weighted by atomic mass is 10.1. The Morgan fingerprint density at radius 2 is 2.06 bits per heavy atom. The first kappa shape index (κ1) is 11.0. The minimum Gasteiger partial charge on any atom is -0.377 e. The van der Waals surface area contributed by atoms with Crippen LogP contribution in [0.4, 0.5) is 0 Å². The van der Waals surface area contributed by atoms with Crippen molar-refractivity contribution < 1.29 is 4.79 Å². The SMILES string of the molecule is CC(=O)N1N=C(N)S[C@]1(C)c1ccccc1. The van der Waals surface area contributed by atoms with Gasteiger partial charge in [-0.25, -0.2) is 5.01 Å². The lowest BCUT2D eigenvalue weighted by Gasteiger charge is -2.30. The summed E-state index contributed by atoms with van der Waals surface area (Å²) in [5.41, 5.74) is 6.71. The van der Waals surface area contributed by atoms with Crippen LogP contribution in [0.15, 0.2) is 35.4 Å². The van der Waals surface area contributed by atoms with Crippen molar-refractivity contribution in [3.63, 3.8) is 0 Å². The van der Waals surface area contributed by atoms with E-state index in [4.69, 9.17) is 5.73 Å². The van der Waals surface area contributed by atoms with Gasteiger partial charge in [0.05, 0.1) is 0 Å². The van der Waals surface area contributed by atoms with Gasteiger partial charge in [0.25, 0.3) is 0 Å². The number of hydrogen-bond acceptors (Lipinski definition) is 4. The van der Waals surface area contributed by atoms with E-state index >= 15 is 0 Å². The first-order chi connectivity index (χ1) is 7.54. The molecule has 1 aliphatic heterocycles. The van der Waals surface area contributed by atoms with Crippen molar-refractivity contribution in [3.05, 3.63) is 35.9 Å². The maximum Gasteiger partial charge on any atom is 0.241 e. The van der Waals surface area contributed by atoms with E-state index in [0.29, 0.717) is 5.17 Å². The van der Waals surface area contributed by atoms with E-state index in [0.717, 1.165) is 5.56 Å². The largest absolute Gasteiger partial charge is 0.377 e. The average Bonchev–Trinajstić information content (AvgIpc) is 2.57. The Morgan fingerprint density at radius 3 is 2.62 bits per heavy atom. The van der Waals surface area contributed by atoms with Crippen molar-refractivity contribution >= 4 is 22.8 Å². The number of nitrogens with zero attached hydrogens (tertiary/aromatic N) is 2. The molecule has 4 nitrogen and oxygen atoms in total. The molecule has 2 N–H and O–H groups in total. The number of carbonyl (C=O) groups is 1. The minimum absolute atomic E-state index is 0.112. The van der Waals surface area contributed by atoms with Gasteiger partial charge in [0.15, 0.2) is 5.17 Å². The normalized spacial score (nSPS) is 24.4. The number of hydrogen-bond donors (Lipinski definition) is 1. The van der Waals surface area contributed by atoms with Gasteiger partial charge in [-0.3, -0.25) is 4.79 Å². The Morgan fingerprint density at radius 1 is 1.44 bits per heavy atom. The topological polar surface area (TPSA) is 58.7 Å². The standard InChI is InChI=1S/C11H13N3OS/c1-8(15)14-11(2,16-10(12)13-14)9-6-4-3-5-7-9/h3-7H,1-2H3,(H2,12,13)/t11-/m1/s1. The highest BCUT2D eigenvalue weighted by Crippen LogP contribution is 2.44. The van der Waals surface area contributed by atoms with Crippen LogP contribution < -0.4 is 5.73 Å². The van der Waals surface area contributed by atoms with E-state index in [-0.39, 0.29) is 5.91 Å². The van der Waals surface area contributed by atoms with Crippen LogP contribution in [0.3, 0.4) is 0 Å². The third-order valence-electron chi connectivity index (χ3n) is 2.51. The van der Waals surface area contributed by atoms with Crippen molar-refractivity contribution in [1.29, 1.82) is 0 Å². The molecule has 84 valence electrons. The summed E-state index contributed by atoms with van der Waals surface area (Å²) in [6.45, 7) is 3.43. The van der Waals surface area contributed by atoms with Gasteiger partial charge in [-0.15, -0.1) is 5.10 Å². The average molecular weight is 235 g/mol. The van der Waals surface area contributed by atoms with E-state index in [1.807, 2.05) is 37.3 Å². The number of benzene rings is 1. The Balaban J connectivity index is 2.43. The monoisotopic (exact) mass is 235 g/mol. The quantitative estimate of drug-likeness (QED) is 0.805. The molecule has 0 spiro atoms. The maximum atomic E-state index is 11.5. The molecular formula is C11H13N3OS. The van der Waals surface area contributed by atoms with Gasteiger partial charge in [0.1, 0.15) is 4.87 Å². The summed E-state index contributed by atoms with van der Waals surface area (Å²) in [4.78, 5) is 11.0. The van der Waals surface area contributed by atoms with Crippen molar-refractivity contribution in [3.8, 4) is 0 Å². The molecule has 0 saturated heterocycles. The molecule has 1 amide bonds. The number of hydrazone groups is 1. The zero-order valence-electron chi connectivity index (χ0n) is 9.18. The number of nitrogens with two attached hydrogens (primary N) is 1. The van der Waals surface area contributed by atoms with Crippen molar-refractivity contribution in [2.45, 2.75) is 18.7 Å². The molecular weight excluding hydrogens is 222 g/mol. The molecule has 0 saturated carbocycles. The molecule has 1 aromatic carbocycles. The number of amides is 1. The van der Waals surface area contributed by atoms with Gasteiger partial charge >= 0.3 is 0 Å². The van der Waals surface area contributed by atoms with E-state index in [2.05, 4.69) is 5.10 Å². The summed E-state index contributed by atoms with van der Waals surface area (Å²) in [7, 11) is 0. The molecule has 0 radical (unpaired) electrons. The predicted octanol–water partition coefficient (Wildman–Crippen LogP) is 1.68. The molecule has 0 aromatic heterocycles. The molecule has 0 aliphatic carbocycles. The van der Waals surface area contributed by atoms with Gasteiger partial charge < -0.3 is 5.73 Å². The fourth-order valence-electron chi connectivity index (χ4n) is 1.76. The van der Waals surface area contributed by atoms with E-state index in [1.54, 1.807) is 0 Å². The summed E-state index contributed by atoms with van der Waals surface area (Å²) in [5, 5.41) is 5.91. The zero-order valence-corrected chi connectivity index (χ0v) is 9.99. The lowest BCUT2D eigenvalue weighted by Crippen LogP contribution is -2.37. The molecule has 1 aliphatic rings. The molecule has 5 heteroatoms. The molecule has 16 heavy (non-hydrogen) atoms. The number of rotatable bonds is 1. The smallest absolute Gasteiger partial charge is 0.241 e. The second kappa shape index (κ2) is 3.83. The summed E-state index contributed by atoms with van der Waals surface area (Å²) >= 11 is 1.39. The fourth-order valence-corrected chi connectivity index (χ4v) is 2.80. The van der Waals surface area contributed by atoms with Crippen LogP contribution in [0.1, 0.15) is 19.4 Å². The van der Waals surface area contributed by atoms with E-state index in [9.17, 15) is 4.79 Å². The van der Waals surface area contributed by atoms with Crippen molar-refractivity contribution in [2.75, 3.05) is 0 Å². The van der Waals surface area contributed by atoms with Crippen LogP contribution >= 0.6 is 11.8 Å². The Hall–Kier alpha value is -1.49. The van der Waals surface area contributed by atoms with Crippen LogP contribution in [0, 0.1) is 0 Å². The van der Waals surface area contributed by atoms with Crippen LogP contribution in [0.2, 0.25) is 0 Å². The number of carbonyl (C=O) groups excluding carboxylic acids is 1. The first-order valence-electron chi connectivity index (χ1n) is 4.93. The van der Waals surface area contributed by atoms with Crippen LogP contribution in [0.25, 0.3) is 0 Å². The number of amidine groups is 1. The Bertz CT molecular complexity index is 446. The van der Waals surface area contributed by atoms with Gasteiger partial charge in [0, 0.05) is 6.92 Å². The second-order valence-corrected chi connectivity index (χ2v) is 5.14. The third-order valence-corrected chi connectivity index (χ3v) is 3.61. The van der Waals surface area contributed by atoms with Crippen molar-refractivity contribution in [2.24, 2.45) is 10.8 Å². The highest BCUT2D eigenvalue weighted by molar-refractivity contribution is 8.14. The zero-order chi connectivity index (χ0) is 11.8. The van der Waals surface area contributed by atoms with E-state index < -0.39 is 4.87 Å². The molecule has 1 heterocycles. The van der Waals surface area contributed by atoms with Crippen LogP contribution in [0.5, 0.6) is 0 Å². The molecule has 0 fully saturated rings. The minimum atomic E-state index is -0.531. The second-order valence-electron chi connectivity index (χ2n) is 3.72. The molecule has 0 unspecified atom stereocenters. The summed E-state index contributed by atoms with van der Waals surface area (Å²) in [6.07, 6.45) is 0. The molecule has 1 atom stereocenters. The summed E-state index contributed by atoms with van der Waals surface area (Å²) < 4.78 is 0. The predicted molar refractivity (Wildman–Crippen MR) is 65.5 cm³/mol. The number of thioether (sulfide) groups is 1. The van der Waals surface area contributed by atoms with Crippen LogP contribution in [-0.2, 0) is 9.67 Å². The van der Waals surface area contributed by atoms with Crippen molar-refractivity contribution in [1.82, 2.24) is 5.01 Å². The lowest BCUT2D eigenvalue weighted by molar-refractivity contribution is -0.131. The highest BCUT2D eigenvalue weighted by Gasteiger charge is 2.42. The first-order valence-corrected chi connectivity index (χ1v) is 5.75. The van der Waals surface area contributed by atoms with Crippen LogP contribution in [-0.4, -0.2) is 16.1 Å². The van der Waals surface area contributed by atoms with Gasteiger partial charge in [-0.2, -0.15) is 0 Å². The van der Waals surface area contributed by atoms with Gasteiger partial charge in [-0.05, 0) is 12.5 Å². The highest BCUT2D eigenvalue weighted by atomic mass is 32.2. The third kappa shape index (κ3) is 1.67. The van der Waals surface area contributed by atoms with Gasteiger partial charge in [-0.1, -0.05) is 42.1 Å². The summed E-state index contributed by atoms with van der Waals surface area (Å²) in [5.74, 6) is -0.112. The Kier molecular flexibility index (Phi) is 2.63. The Labute approximate surface area is 98.5 Å².